The quantitative estimate of drug-likeness (QED) is 0.170. The molecule has 2 aliphatic heterocycles. The molecule has 11 nitrogen and oxygen atoms in total. The molecule has 0 amide bonds. The number of aryl methyl sites for hydroxylation is 4. The van der Waals surface area contributed by atoms with Crippen LogP contribution in [0.2, 0.25) is 0 Å². The first kappa shape index (κ1) is 65.8. The number of pyridine rings is 5. The Kier molecular flexibility index (Phi) is 18.1. The van der Waals surface area contributed by atoms with Gasteiger partial charge in [-0.15, -0.1) is 0 Å². The van der Waals surface area contributed by atoms with Crippen molar-refractivity contribution < 1.29 is 0 Å². The van der Waals surface area contributed by atoms with Gasteiger partial charge in [0.2, 0.25) is 0 Å². The molecule has 9 aromatic heterocycles. The Bertz CT molecular complexity index is 5160. The fourth-order valence-electron chi connectivity index (χ4n) is 15.4. The van der Waals surface area contributed by atoms with Gasteiger partial charge in [-0.05, 0) is 112 Å². The van der Waals surface area contributed by atoms with Crippen molar-refractivity contribution in [3.63, 3.8) is 0 Å². The third-order valence-corrected chi connectivity index (χ3v) is 20.3. The molecule has 0 saturated heterocycles. The van der Waals surface area contributed by atoms with E-state index in [2.05, 4.69) is 358 Å². The molecule has 2 aliphatic rings. The molecule has 101 heavy (non-hydrogen) atoms. The maximum absolute atomic E-state index is 4.38. The second-order valence-corrected chi connectivity index (χ2v) is 26.0. The number of hydrogen-bond donors (Lipinski definition) is 0. The van der Waals surface area contributed by atoms with Gasteiger partial charge in [0.1, 0.15) is 5.65 Å². The van der Waals surface area contributed by atoms with Crippen LogP contribution in [0.1, 0.15) is 54.7 Å². The average Bonchev–Trinajstić information content (AvgIpc) is 1.60. The second kappa shape index (κ2) is 27.8. The van der Waals surface area contributed by atoms with Crippen LogP contribution in [0.25, 0.3) is 87.4 Å². The summed E-state index contributed by atoms with van der Waals surface area (Å²) in [6.07, 6.45) is 16.8. The maximum Gasteiger partial charge on any atom is 0.140 e. The molecule has 0 bridgehead atoms. The van der Waals surface area contributed by atoms with Crippen LogP contribution in [0.4, 0.5) is 22.7 Å². The number of benzene rings is 9. The number of rotatable bonds is 2. The van der Waals surface area contributed by atoms with Gasteiger partial charge in [-0.25, -0.2) is 4.98 Å². The summed E-state index contributed by atoms with van der Waals surface area (Å²) in [6.45, 7) is 4.61. The summed E-state index contributed by atoms with van der Waals surface area (Å²) >= 11 is 0. The first-order chi connectivity index (χ1) is 49.0. The Morgan fingerprint density at radius 1 is 0.248 bits per heavy atom. The number of anilines is 4. The van der Waals surface area contributed by atoms with Gasteiger partial charge in [0.25, 0.3) is 0 Å². The van der Waals surface area contributed by atoms with E-state index in [0.29, 0.717) is 0 Å². The molecule has 0 saturated carbocycles. The molecule has 20 rings (SSSR count). The predicted molar refractivity (Wildman–Crippen MR) is 423 cm³/mol. The van der Waals surface area contributed by atoms with E-state index >= 15 is 0 Å². The lowest BCUT2D eigenvalue weighted by Crippen LogP contribution is -2.37. The highest BCUT2D eigenvalue weighted by molar-refractivity contribution is 6.10. The SMILES string of the molecule is C.CN1c2ccccc2C(C)(C)c2ccccc21.CN1c2ccccc2C(c2ccccc2)(c2ccccc2)c2ccccc21.Cn1c2ccccc2c2cccnc21.Cn1c2ccccc2c2ccncc21.Cn1c2ccccc2c2cnccc21.Cn1c2ccncc2c2cnccc21. The minimum atomic E-state index is -0.331. The molecule has 0 N–H and O–H groups in total. The normalized spacial score (nSPS) is 12.8. The van der Waals surface area contributed by atoms with Gasteiger partial charge in [0, 0.05) is 174 Å². The van der Waals surface area contributed by atoms with Crippen LogP contribution in [-0.4, -0.2) is 57.3 Å². The molecule has 0 unspecified atom stereocenters. The second-order valence-electron chi connectivity index (χ2n) is 26.0. The molecule has 0 radical (unpaired) electrons. The van der Waals surface area contributed by atoms with E-state index in [9.17, 15) is 0 Å². The maximum atomic E-state index is 4.38. The fourth-order valence-corrected chi connectivity index (χ4v) is 15.4. The third kappa shape index (κ3) is 11.5. The van der Waals surface area contributed by atoms with Crippen molar-refractivity contribution >= 4 is 110 Å². The molecule has 0 atom stereocenters. The Morgan fingerprint density at radius 3 is 1.02 bits per heavy atom. The van der Waals surface area contributed by atoms with Gasteiger partial charge in [0.15, 0.2) is 0 Å². The van der Waals surface area contributed by atoms with Crippen LogP contribution >= 0.6 is 0 Å². The first-order valence-corrected chi connectivity index (χ1v) is 33.9. The average molecular weight is 1320 g/mol. The fraction of sp³-hybridized carbons (Fsp3) is 0.122. The van der Waals surface area contributed by atoms with E-state index in [1.165, 1.54) is 127 Å². The molecule has 11 heteroatoms. The van der Waals surface area contributed by atoms with Gasteiger partial charge >= 0.3 is 0 Å². The Labute approximate surface area is 590 Å². The zero-order valence-electron chi connectivity index (χ0n) is 57.5. The van der Waals surface area contributed by atoms with Crippen molar-refractivity contribution in [2.75, 3.05) is 23.9 Å². The van der Waals surface area contributed by atoms with Crippen molar-refractivity contribution in [1.29, 1.82) is 0 Å². The zero-order chi connectivity index (χ0) is 68.5. The van der Waals surface area contributed by atoms with Crippen LogP contribution in [0.3, 0.4) is 0 Å². The highest BCUT2D eigenvalue weighted by atomic mass is 15.1. The number of hydrogen-bond acceptors (Lipinski definition) is 7. The van der Waals surface area contributed by atoms with Gasteiger partial charge in [-0.2, -0.15) is 0 Å². The van der Waals surface area contributed by atoms with Crippen molar-refractivity contribution in [2.24, 2.45) is 28.2 Å². The lowest BCUT2D eigenvalue weighted by molar-refractivity contribution is 0.629. The van der Waals surface area contributed by atoms with E-state index in [1.54, 1.807) is 0 Å². The van der Waals surface area contributed by atoms with E-state index in [0.717, 1.165) is 16.4 Å². The zero-order valence-corrected chi connectivity index (χ0v) is 57.5. The molecular formula is C90H81N11. The minimum absolute atomic E-state index is 0. The highest BCUT2D eigenvalue weighted by Gasteiger charge is 2.45. The Hall–Kier alpha value is -12.5. The van der Waals surface area contributed by atoms with Gasteiger partial charge < -0.3 is 28.1 Å². The van der Waals surface area contributed by atoms with Crippen LogP contribution in [-0.2, 0) is 39.0 Å². The lowest BCUT2D eigenvalue weighted by Gasteiger charge is -2.45. The third-order valence-electron chi connectivity index (χ3n) is 20.3. The van der Waals surface area contributed by atoms with Gasteiger partial charge in [0.05, 0.1) is 39.2 Å². The minimum Gasteiger partial charge on any atom is -0.344 e. The van der Waals surface area contributed by atoms with Crippen LogP contribution in [0, 0.1) is 0 Å². The van der Waals surface area contributed by atoms with E-state index in [1.807, 2.05) is 74.0 Å². The standard InChI is InChI=1S/C26H21N.C16H17N.3C12H10N2.C11H9N3.CH4/c1-27-24-18-10-8-16-22(24)26(20-12-4-2-5-13-20,21-14-6-3-7-15-21)23-17-9-11-19-25(23)27;1-16(2)12-8-4-6-10-14(12)17(3)15-11-7-5-9-13(15)16;1-14-11-7-3-2-5-9(11)10-6-4-8-13-12(10)14;1-14-11-5-3-2-4-9(11)10-8-13-7-6-12(10)14;1-14-11-5-3-2-4-9(11)10-6-7-13-8-12(10)14;1-14-10-2-4-12-6-8(10)9-7-13-5-3-11(9)14;/h2-19H,1H3;4-11H,1-3H3;3*2-8H,1H3;2-7H,1H3;1H4. The summed E-state index contributed by atoms with van der Waals surface area (Å²) in [7, 11) is 12.6. The van der Waals surface area contributed by atoms with Gasteiger partial charge in [-0.3, -0.25) is 19.9 Å². The monoisotopic (exact) mass is 1320 g/mol. The van der Waals surface area contributed by atoms with Crippen molar-refractivity contribution in [1.82, 2.24) is 43.2 Å². The number of fused-ring (bicyclic) bond motifs is 16. The number of nitrogens with zero attached hydrogens (tertiary/aromatic N) is 11. The topological polar surface area (TPSA) is 90.7 Å². The molecular weight excluding hydrogens is 1240 g/mol. The largest absolute Gasteiger partial charge is 0.344 e. The molecule has 18 aromatic rings. The van der Waals surface area contributed by atoms with Crippen LogP contribution in [0.15, 0.2) is 323 Å². The summed E-state index contributed by atoms with van der Waals surface area (Å²) < 4.78 is 8.67. The van der Waals surface area contributed by atoms with E-state index in [4.69, 9.17) is 0 Å². The van der Waals surface area contributed by atoms with Gasteiger partial charge in [-0.1, -0.05) is 209 Å². The molecule has 9 aromatic carbocycles. The molecule has 0 fully saturated rings. The van der Waals surface area contributed by atoms with Crippen molar-refractivity contribution in [3.05, 3.63) is 356 Å². The number of aromatic nitrogens is 9. The van der Waals surface area contributed by atoms with E-state index < -0.39 is 0 Å². The number of para-hydroxylation sites is 7. The molecule has 496 valence electrons. The first-order valence-electron chi connectivity index (χ1n) is 33.9. The van der Waals surface area contributed by atoms with Crippen molar-refractivity contribution in [3.8, 4) is 0 Å². The van der Waals surface area contributed by atoms with Crippen molar-refractivity contribution in [2.45, 2.75) is 32.1 Å². The Balaban J connectivity index is 0.000000105. The smallest absolute Gasteiger partial charge is 0.140 e. The lowest BCUT2D eigenvalue weighted by atomic mass is 9.62. The molecule has 0 aliphatic carbocycles. The van der Waals surface area contributed by atoms with E-state index in [-0.39, 0.29) is 18.3 Å². The highest BCUT2D eigenvalue weighted by Crippen LogP contribution is 2.55. The predicted octanol–water partition coefficient (Wildman–Crippen LogP) is 21.2. The summed E-state index contributed by atoms with van der Waals surface area (Å²) in [6, 6.07) is 94.2. The summed E-state index contributed by atoms with van der Waals surface area (Å²) in [5, 5.41) is 9.91. The summed E-state index contributed by atoms with van der Waals surface area (Å²) in [5.74, 6) is 0. The van der Waals surface area contributed by atoms with Crippen LogP contribution < -0.4 is 9.80 Å². The summed E-state index contributed by atoms with van der Waals surface area (Å²) in [4.78, 5) is 25.6. The molecule has 11 heterocycles. The summed E-state index contributed by atoms with van der Waals surface area (Å²) in [5.41, 5.74) is 22.6. The molecule has 0 spiro atoms. The Morgan fingerprint density at radius 2 is 0.554 bits per heavy atom. The van der Waals surface area contributed by atoms with Crippen LogP contribution in [0.5, 0.6) is 0 Å².